The van der Waals surface area contributed by atoms with Crippen LogP contribution < -0.4 is 4.74 Å². The summed E-state index contributed by atoms with van der Waals surface area (Å²) < 4.78 is 5.35. The summed E-state index contributed by atoms with van der Waals surface area (Å²) in [4.78, 5) is 11.7. The molecule has 0 spiro atoms. The molecule has 0 radical (unpaired) electrons. The molecule has 0 N–H and O–H groups in total. The number of benzene rings is 3. The van der Waals surface area contributed by atoms with E-state index in [1.165, 1.54) is 0 Å². The third-order valence-corrected chi connectivity index (χ3v) is 4.76. The van der Waals surface area contributed by atoms with Gasteiger partial charge in [0.25, 0.3) is 0 Å². The maximum Gasteiger partial charge on any atom is 0.150 e. The minimum absolute atomic E-state index is 0.00523. The third kappa shape index (κ3) is 4.24. The fourth-order valence-electron chi connectivity index (χ4n) is 3.35. The van der Waals surface area contributed by atoms with Crippen molar-refractivity contribution in [1.82, 2.24) is 0 Å². The lowest BCUT2D eigenvalue weighted by Gasteiger charge is -2.21. The lowest BCUT2D eigenvalue weighted by Crippen LogP contribution is -2.08. The number of ether oxygens (including phenoxy) is 1. The van der Waals surface area contributed by atoms with E-state index in [1.54, 1.807) is 7.11 Å². The van der Waals surface area contributed by atoms with E-state index in [-0.39, 0.29) is 5.92 Å². The Labute approximate surface area is 159 Å². The Morgan fingerprint density at radius 3 is 2.52 bits per heavy atom. The van der Waals surface area contributed by atoms with Crippen molar-refractivity contribution >= 4 is 6.29 Å². The third-order valence-electron chi connectivity index (χ3n) is 4.76. The number of aldehydes is 1. The van der Waals surface area contributed by atoms with Crippen molar-refractivity contribution in [2.75, 3.05) is 7.11 Å². The topological polar surface area (TPSA) is 50.1 Å². The van der Waals surface area contributed by atoms with Crippen LogP contribution in [-0.4, -0.2) is 13.4 Å². The number of aryl methyl sites for hydroxylation is 1. The molecule has 0 saturated heterocycles. The van der Waals surface area contributed by atoms with Crippen molar-refractivity contribution in [3.05, 3.63) is 100 Å². The first-order valence-electron chi connectivity index (χ1n) is 8.83. The molecule has 0 bridgehead atoms. The van der Waals surface area contributed by atoms with Crippen LogP contribution in [0.2, 0.25) is 0 Å². The van der Waals surface area contributed by atoms with Gasteiger partial charge in [0.15, 0.2) is 0 Å². The molecule has 1 atom stereocenters. The molecule has 0 amide bonds. The number of hydrogen-bond donors (Lipinski definition) is 0. The van der Waals surface area contributed by atoms with Crippen LogP contribution in [0.3, 0.4) is 0 Å². The lowest BCUT2D eigenvalue weighted by molar-refractivity contribution is 0.112. The van der Waals surface area contributed by atoms with Crippen LogP contribution in [0.5, 0.6) is 5.75 Å². The Morgan fingerprint density at radius 1 is 1.07 bits per heavy atom. The molecular formula is C24H21NO2. The van der Waals surface area contributed by atoms with Crippen molar-refractivity contribution in [3.63, 3.8) is 0 Å². The maximum absolute atomic E-state index is 11.7. The predicted octanol–water partition coefficient (Wildman–Crippen LogP) is 5.06. The van der Waals surface area contributed by atoms with E-state index < -0.39 is 0 Å². The van der Waals surface area contributed by atoms with Gasteiger partial charge in [-0.05, 0) is 60.4 Å². The van der Waals surface area contributed by atoms with E-state index in [0.717, 1.165) is 40.7 Å². The van der Waals surface area contributed by atoms with Crippen LogP contribution in [-0.2, 0) is 6.42 Å². The molecule has 1 unspecified atom stereocenters. The fourth-order valence-corrected chi connectivity index (χ4v) is 3.35. The summed E-state index contributed by atoms with van der Waals surface area (Å²) in [6, 6.07) is 23.7. The van der Waals surface area contributed by atoms with E-state index in [0.29, 0.717) is 11.1 Å². The first kappa shape index (κ1) is 18.4. The van der Waals surface area contributed by atoms with Gasteiger partial charge in [-0.2, -0.15) is 5.26 Å². The average molecular weight is 355 g/mol. The molecule has 3 nitrogen and oxygen atoms in total. The molecule has 134 valence electrons. The summed E-state index contributed by atoms with van der Waals surface area (Å²) in [6.07, 6.45) is 1.65. The second-order valence-corrected chi connectivity index (χ2v) is 6.59. The highest BCUT2D eigenvalue weighted by Gasteiger charge is 2.19. The van der Waals surface area contributed by atoms with Gasteiger partial charge in [0.2, 0.25) is 0 Å². The number of carbonyl (C=O) groups is 1. The van der Waals surface area contributed by atoms with Gasteiger partial charge in [0, 0.05) is 11.5 Å². The summed E-state index contributed by atoms with van der Waals surface area (Å²) in [5, 5.41) is 9.08. The largest absolute Gasteiger partial charge is 0.497 e. The van der Waals surface area contributed by atoms with Crippen LogP contribution >= 0.6 is 0 Å². The van der Waals surface area contributed by atoms with Gasteiger partial charge < -0.3 is 4.74 Å². The van der Waals surface area contributed by atoms with Crippen LogP contribution in [0.15, 0.2) is 66.7 Å². The first-order valence-corrected chi connectivity index (χ1v) is 8.83. The molecule has 0 aromatic heterocycles. The van der Waals surface area contributed by atoms with E-state index >= 15 is 0 Å². The Balaban J connectivity index is 2.08. The molecule has 0 heterocycles. The minimum Gasteiger partial charge on any atom is -0.497 e. The quantitative estimate of drug-likeness (QED) is 0.581. The van der Waals surface area contributed by atoms with Crippen LogP contribution in [0.4, 0.5) is 0 Å². The molecule has 0 aliphatic carbocycles. The van der Waals surface area contributed by atoms with Crippen LogP contribution in [0, 0.1) is 18.3 Å². The predicted molar refractivity (Wildman–Crippen MR) is 106 cm³/mol. The molecule has 0 aliphatic rings. The summed E-state index contributed by atoms with van der Waals surface area (Å²) in [6.45, 7) is 1.98. The Kier molecular flexibility index (Phi) is 5.68. The van der Waals surface area contributed by atoms with E-state index in [1.807, 2.05) is 67.6 Å². The van der Waals surface area contributed by atoms with Gasteiger partial charge in [-0.3, -0.25) is 4.79 Å². The Hall–Kier alpha value is -3.38. The minimum atomic E-state index is 0.00523. The number of carbonyl (C=O) groups excluding carboxylic acids is 1. The smallest absolute Gasteiger partial charge is 0.150 e. The fraction of sp³-hybridized carbons (Fsp3) is 0.167. The van der Waals surface area contributed by atoms with Crippen molar-refractivity contribution in [2.45, 2.75) is 19.3 Å². The molecule has 0 saturated carbocycles. The lowest BCUT2D eigenvalue weighted by atomic mass is 9.83. The number of nitriles is 1. The van der Waals surface area contributed by atoms with Gasteiger partial charge in [0.1, 0.15) is 12.0 Å². The van der Waals surface area contributed by atoms with Crippen LogP contribution in [0.1, 0.15) is 44.1 Å². The van der Waals surface area contributed by atoms with Gasteiger partial charge in [-0.15, -0.1) is 0 Å². The standard InChI is InChI=1S/C24H21NO2/c1-17-6-11-23(21(12-17)16-26)24(20-9-7-18(15-25)8-10-20)14-19-4-3-5-22(13-19)27-2/h3-13,16,24H,14H2,1-2H3. The molecule has 3 heteroatoms. The highest BCUT2D eigenvalue weighted by atomic mass is 16.5. The van der Waals surface area contributed by atoms with Gasteiger partial charge in [0.05, 0.1) is 18.7 Å². The number of rotatable bonds is 6. The van der Waals surface area contributed by atoms with Gasteiger partial charge >= 0.3 is 0 Å². The highest BCUT2D eigenvalue weighted by molar-refractivity contribution is 5.78. The second-order valence-electron chi connectivity index (χ2n) is 6.59. The number of hydrogen-bond acceptors (Lipinski definition) is 3. The van der Waals surface area contributed by atoms with E-state index in [9.17, 15) is 4.79 Å². The summed E-state index contributed by atoms with van der Waals surface area (Å²) >= 11 is 0. The van der Waals surface area contributed by atoms with Crippen LogP contribution in [0.25, 0.3) is 0 Å². The number of nitrogens with zero attached hydrogens (tertiary/aromatic N) is 1. The maximum atomic E-state index is 11.7. The van der Waals surface area contributed by atoms with Crippen molar-refractivity contribution in [1.29, 1.82) is 5.26 Å². The summed E-state index contributed by atoms with van der Waals surface area (Å²) in [7, 11) is 1.65. The zero-order valence-corrected chi connectivity index (χ0v) is 15.5. The average Bonchev–Trinajstić information content (AvgIpc) is 2.72. The van der Waals surface area contributed by atoms with Gasteiger partial charge in [-0.1, -0.05) is 42.0 Å². The summed E-state index contributed by atoms with van der Waals surface area (Å²) in [5.74, 6) is 0.816. The zero-order chi connectivity index (χ0) is 19.2. The molecule has 3 rings (SSSR count). The Morgan fingerprint density at radius 2 is 1.85 bits per heavy atom. The summed E-state index contributed by atoms with van der Waals surface area (Å²) in [5.41, 5.74) is 5.57. The van der Waals surface area contributed by atoms with Crippen molar-refractivity contribution in [3.8, 4) is 11.8 Å². The van der Waals surface area contributed by atoms with Crippen molar-refractivity contribution < 1.29 is 9.53 Å². The molecular weight excluding hydrogens is 334 g/mol. The first-order chi connectivity index (χ1) is 13.1. The normalized spacial score (nSPS) is 11.4. The second kappa shape index (κ2) is 8.33. The molecule has 0 aliphatic heterocycles. The van der Waals surface area contributed by atoms with Crippen molar-refractivity contribution in [2.24, 2.45) is 0 Å². The molecule has 0 fully saturated rings. The monoisotopic (exact) mass is 355 g/mol. The Bertz CT molecular complexity index is 984. The number of methoxy groups -OCH3 is 1. The highest BCUT2D eigenvalue weighted by Crippen LogP contribution is 2.32. The SMILES string of the molecule is COc1cccc(CC(c2ccc(C#N)cc2)c2ccc(C)cc2C=O)c1. The molecule has 3 aromatic carbocycles. The van der Waals surface area contributed by atoms with Gasteiger partial charge in [-0.25, -0.2) is 0 Å². The zero-order valence-electron chi connectivity index (χ0n) is 15.5. The molecule has 27 heavy (non-hydrogen) atoms. The molecule has 3 aromatic rings. The van der Waals surface area contributed by atoms with E-state index in [4.69, 9.17) is 10.00 Å². The van der Waals surface area contributed by atoms with E-state index in [2.05, 4.69) is 12.1 Å².